The van der Waals surface area contributed by atoms with E-state index in [-0.39, 0.29) is 34.7 Å². The molecule has 0 fully saturated rings. The first-order valence-corrected chi connectivity index (χ1v) is 6.30. The van der Waals surface area contributed by atoms with Crippen molar-refractivity contribution >= 4 is 18.5 Å². The van der Waals surface area contributed by atoms with Crippen molar-refractivity contribution in [2.24, 2.45) is 0 Å². The standard InChI is InChI=1S/C15H19NO3/c1-10(2)16(11(3)4)15(19)14-12(8-17)6-5-7-13(14)9-18/h5-11H,1-4H3. The van der Waals surface area contributed by atoms with Gasteiger partial charge < -0.3 is 4.90 Å². The van der Waals surface area contributed by atoms with E-state index in [0.717, 1.165) is 0 Å². The number of benzene rings is 1. The minimum absolute atomic E-state index is 0.00768. The number of aldehydes is 2. The second kappa shape index (κ2) is 6.27. The molecular formula is C15H19NO3. The molecule has 0 heterocycles. The predicted molar refractivity (Wildman–Crippen MR) is 73.7 cm³/mol. The second-order valence-electron chi connectivity index (χ2n) is 4.95. The highest BCUT2D eigenvalue weighted by Crippen LogP contribution is 2.18. The van der Waals surface area contributed by atoms with Gasteiger partial charge >= 0.3 is 0 Å². The topological polar surface area (TPSA) is 54.5 Å². The first-order chi connectivity index (χ1) is 8.93. The average Bonchev–Trinajstić information content (AvgIpc) is 2.36. The molecule has 0 aliphatic heterocycles. The van der Waals surface area contributed by atoms with Gasteiger partial charge in [0, 0.05) is 23.2 Å². The molecule has 102 valence electrons. The van der Waals surface area contributed by atoms with Crippen LogP contribution in [-0.4, -0.2) is 35.5 Å². The molecule has 0 bridgehead atoms. The van der Waals surface area contributed by atoms with Crippen molar-refractivity contribution < 1.29 is 14.4 Å². The third-order valence-corrected chi connectivity index (χ3v) is 2.94. The molecule has 1 aromatic rings. The molecule has 0 spiro atoms. The molecule has 1 aromatic carbocycles. The Labute approximate surface area is 113 Å². The third-order valence-electron chi connectivity index (χ3n) is 2.94. The van der Waals surface area contributed by atoms with Crippen molar-refractivity contribution in [1.29, 1.82) is 0 Å². The van der Waals surface area contributed by atoms with Crippen LogP contribution in [0.25, 0.3) is 0 Å². The predicted octanol–water partition coefficient (Wildman–Crippen LogP) is 2.57. The van der Waals surface area contributed by atoms with Gasteiger partial charge in [0.1, 0.15) is 0 Å². The van der Waals surface area contributed by atoms with Crippen molar-refractivity contribution in [3.05, 3.63) is 34.9 Å². The van der Waals surface area contributed by atoms with Gasteiger partial charge in [0.2, 0.25) is 0 Å². The van der Waals surface area contributed by atoms with Crippen LogP contribution in [0.1, 0.15) is 58.8 Å². The molecule has 0 aromatic heterocycles. The van der Waals surface area contributed by atoms with E-state index in [4.69, 9.17) is 0 Å². The minimum Gasteiger partial charge on any atom is -0.334 e. The van der Waals surface area contributed by atoms with Gasteiger partial charge in [0.15, 0.2) is 12.6 Å². The molecule has 19 heavy (non-hydrogen) atoms. The minimum atomic E-state index is -0.283. The van der Waals surface area contributed by atoms with Crippen molar-refractivity contribution in [2.45, 2.75) is 39.8 Å². The van der Waals surface area contributed by atoms with Gasteiger partial charge in [-0.25, -0.2) is 0 Å². The number of hydrogen-bond acceptors (Lipinski definition) is 3. The highest BCUT2D eigenvalue weighted by Gasteiger charge is 2.25. The van der Waals surface area contributed by atoms with Crippen LogP contribution in [0.4, 0.5) is 0 Å². The highest BCUT2D eigenvalue weighted by atomic mass is 16.2. The molecule has 4 heteroatoms. The zero-order valence-electron chi connectivity index (χ0n) is 11.7. The lowest BCUT2D eigenvalue weighted by molar-refractivity contribution is 0.0639. The molecule has 0 saturated carbocycles. The molecule has 0 atom stereocenters. The van der Waals surface area contributed by atoms with Crippen molar-refractivity contribution in [3.8, 4) is 0 Å². The highest BCUT2D eigenvalue weighted by molar-refractivity contribution is 6.07. The zero-order chi connectivity index (χ0) is 14.6. The van der Waals surface area contributed by atoms with Gasteiger partial charge in [-0.05, 0) is 27.7 Å². The Hall–Kier alpha value is -1.97. The fourth-order valence-corrected chi connectivity index (χ4v) is 2.23. The largest absolute Gasteiger partial charge is 0.334 e. The van der Waals surface area contributed by atoms with E-state index in [2.05, 4.69) is 0 Å². The fourth-order valence-electron chi connectivity index (χ4n) is 2.23. The Balaban J connectivity index is 3.39. The summed E-state index contributed by atoms with van der Waals surface area (Å²) in [5.41, 5.74) is 0.691. The summed E-state index contributed by atoms with van der Waals surface area (Å²) in [6.45, 7) is 7.62. The Morgan fingerprint density at radius 3 is 1.74 bits per heavy atom. The number of carbonyl (C=O) groups excluding carboxylic acids is 3. The molecule has 0 unspecified atom stereocenters. The Morgan fingerprint density at radius 2 is 1.42 bits per heavy atom. The Morgan fingerprint density at radius 1 is 1.00 bits per heavy atom. The van der Waals surface area contributed by atoms with Crippen LogP contribution in [0.3, 0.4) is 0 Å². The summed E-state index contributed by atoms with van der Waals surface area (Å²) in [5.74, 6) is -0.283. The zero-order valence-corrected chi connectivity index (χ0v) is 11.7. The summed E-state index contributed by atoms with van der Waals surface area (Å²) < 4.78 is 0. The summed E-state index contributed by atoms with van der Waals surface area (Å²) in [4.78, 5) is 36.4. The van der Waals surface area contributed by atoms with Crippen LogP contribution in [0.2, 0.25) is 0 Å². The Bertz CT molecular complexity index is 458. The van der Waals surface area contributed by atoms with Crippen LogP contribution in [-0.2, 0) is 0 Å². The maximum Gasteiger partial charge on any atom is 0.255 e. The van der Waals surface area contributed by atoms with Crippen LogP contribution in [0.5, 0.6) is 0 Å². The molecule has 4 nitrogen and oxygen atoms in total. The molecule has 1 rings (SSSR count). The van der Waals surface area contributed by atoms with E-state index >= 15 is 0 Å². The third kappa shape index (κ3) is 3.08. The number of amides is 1. The summed E-state index contributed by atoms with van der Waals surface area (Å²) in [6, 6.07) is 4.68. The van der Waals surface area contributed by atoms with E-state index in [0.29, 0.717) is 12.6 Å². The molecule has 0 N–H and O–H groups in total. The molecule has 0 saturated heterocycles. The van der Waals surface area contributed by atoms with E-state index < -0.39 is 0 Å². The van der Waals surface area contributed by atoms with Crippen molar-refractivity contribution in [2.75, 3.05) is 0 Å². The maximum atomic E-state index is 12.6. The van der Waals surface area contributed by atoms with Gasteiger partial charge in [-0.1, -0.05) is 18.2 Å². The lowest BCUT2D eigenvalue weighted by Crippen LogP contribution is -2.42. The summed E-state index contributed by atoms with van der Waals surface area (Å²) in [7, 11) is 0. The van der Waals surface area contributed by atoms with Crippen LogP contribution in [0, 0.1) is 0 Å². The number of rotatable bonds is 5. The number of nitrogens with zero attached hydrogens (tertiary/aromatic N) is 1. The molecule has 1 amide bonds. The first-order valence-electron chi connectivity index (χ1n) is 6.30. The second-order valence-corrected chi connectivity index (χ2v) is 4.95. The normalized spacial score (nSPS) is 10.6. The van der Waals surface area contributed by atoms with E-state index in [1.807, 2.05) is 27.7 Å². The van der Waals surface area contributed by atoms with E-state index in [1.165, 1.54) is 0 Å². The van der Waals surface area contributed by atoms with E-state index in [1.54, 1.807) is 23.1 Å². The monoisotopic (exact) mass is 261 g/mol. The van der Waals surface area contributed by atoms with Gasteiger partial charge in [-0.15, -0.1) is 0 Å². The number of carbonyl (C=O) groups is 3. The smallest absolute Gasteiger partial charge is 0.255 e. The molecular weight excluding hydrogens is 242 g/mol. The van der Waals surface area contributed by atoms with Gasteiger partial charge in [0.25, 0.3) is 5.91 Å². The van der Waals surface area contributed by atoms with Crippen molar-refractivity contribution in [1.82, 2.24) is 4.90 Å². The van der Waals surface area contributed by atoms with Gasteiger partial charge in [-0.3, -0.25) is 14.4 Å². The summed E-state index contributed by atoms with van der Waals surface area (Å²) in [5, 5.41) is 0. The summed E-state index contributed by atoms with van der Waals surface area (Å²) >= 11 is 0. The first kappa shape index (κ1) is 15.1. The quantitative estimate of drug-likeness (QED) is 0.765. The number of hydrogen-bond donors (Lipinski definition) is 0. The van der Waals surface area contributed by atoms with Gasteiger partial charge in [0.05, 0.1) is 5.56 Å². The lowest BCUT2D eigenvalue weighted by Gasteiger charge is -2.31. The molecule has 0 radical (unpaired) electrons. The molecule has 0 aliphatic carbocycles. The lowest BCUT2D eigenvalue weighted by atomic mass is 10.00. The average molecular weight is 261 g/mol. The summed E-state index contributed by atoms with van der Waals surface area (Å²) in [6.07, 6.45) is 1.22. The van der Waals surface area contributed by atoms with Crippen LogP contribution in [0.15, 0.2) is 18.2 Å². The van der Waals surface area contributed by atoms with Crippen LogP contribution < -0.4 is 0 Å². The maximum absolute atomic E-state index is 12.6. The Kier molecular flexibility index (Phi) is 4.98. The van der Waals surface area contributed by atoms with Gasteiger partial charge in [-0.2, -0.15) is 0 Å². The SMILES string of the molecule is CC(C)N(C(=O)c1c(C=O)cccc1C=O)C(C)C. The van der Waals surface area contributed by atoms with E-state index in [9.17, 15) is 14.4 Å². The fraction of sp³-hybridized carbons (Fsp3) is 0.400. The van der Waals surface area contributed by atoms with Crippen molar-refractivity contribution in [3.63, 3.8) is 0 Å². The molecule has 0 aliphatic rings. The van der Waals surface area contributed by atoms with Crippen LogP contribution >= 0.6 is 0 Å².